The largest absolute Gasteiger partial charge is 0.345 e. The molecule has 1 aliphatic carbocycles. The zero-order valence-electron chi connectivity index (χ0n) is 17.5. The van der Waals surface area contributed by atoms with E-state index in [0.717, 1.165) is 24.1 Å². The summed E-state index contributed by atoms with van der Waals surface area (Å²) in [6.07, 6.45) is 8.52. The van der Waals surface area contributed by atoms with Crippen molar-refractivity contribution in [3.8, 4) is 0 Å². The lowest BCUT2D eigenvalue weighted by molar-refractivity contribution is -0.137. The maximum absolute atomic E-state index is 13.2. The van der Waals surface area contributed by atoms with Crippen LogP contribution >= 0.6 is 0 Å². The second kappa shape index (κ2) is 8.93. The van der Waals surface area contributed by atoms with Gasteiger partial charge in [-0.2, -0.15) is 0 Å². The number of aromatic nitrogens is 1. The van der Waals surface area contributed by atoms with E-state index in [1.54, 1.807) is 0 Å². The van der Waals surface area contributed by atoms with Gasteiger partial charge in [0.2, 0.25) is 5.91 Å². The maximum Gasteiger partial charge on any atom is 0.223 e. The molecule has 1 heterocycles. The van der Waals surface area contributed by atoms with Crippen molar-refractivity contribution in [2.24, 2.45) is 5.41 Å². The van der Waals surface area contributed by atoms with Crippen molar-refractivity contribution < 1.29 is 9.18 Å². The first-order valence-corrected chi connectivity index (χ1v) is 10.5. The normalized spacial score (nSPS) is 15.6. The first kappa shape index (κ1) is 20.6. The number of hydrogen-bond acceptors (Lipinski definition) is 1. The number of rotatable bonds is 6. The Hall–Kier alpha value is -2.10. The highest BCUT2D eigenvalue weighted by molar-refractivity contribution is 5.77. The molecule has 4 heteroatoms. The quantitative estimate of drug-likeness (QED) is 0.620. The van der Waals surface area contributed by atoms with Crippen LogP contribution in [0.2, 0.25) is 0 Å². The highest BCUT2D eigenvalue weighted by atomic mass is 19.1. The third kappa shape index (κ3) is 5.70. The Morgan fingerprint density at radius 3 is 2.43 bits per heavy atom. The fraction of sp³-hybridized carbons (Fsp3) is 0.542. The Morgan fingerprint density at radius 1 is 1.11 bits per heavy atom. The Kier molecular flexibility index (Phi) is 6.58. The standard InChI is InChI=1S/C24H33FN2O/c1-24(2,3)16-23(28)27(21-8-5-4-6-9-21)18-22-10-7-15-26(22)17-19-11-13-20(25)14-12-19/h7,10-15,21H,4-6,8-9,16-18H2,1-3H3. The average Bonchev–Trinajstić information content (AvgIpc) is 3.07. The van der Waals surface area contributed by atoms with Gasteiger partial charge in [-0.15, -0.1) is 0 Å². The first-order chi connectivity index (χ1) is 13.3. The number of carbonyl (C=O) groups is 1. The van der Waals surface area contributed by atoms with Gasteiger partial charge in [0.1, 0.15) is 5.82 Å². The molecule has 2 aromatic rings. The molecule has 0 atom stereocenters. The van der Waals surface area contributed by atoms with Crippen LogP contribution in [0.15, 0.2) is 42.6 Å². The monoisotopic (exact) mass is 384 g/mol. The summed E-state index contributed by atoms with van der Waals surface area (Å²) < 4.78 is 15.4. The molecule has 1 amide bonds. The maximum atomic E-state index is 13.2. The van der Waals surface area contributed by atoms with Gasteiger partial charge < -0.3 is 9.47 Å². The smallest absolute Gasteiger partial charge is 0.223 e. The van der Waals surface area contributed by atoms with Crippen molar-refractivity contribution in [2.75, 3.05) is 0 Å². The fourth-order valence-corrected chi connectivity index (χ4v) is 4.08. The molecule has 28 heavy (non-hydrogen) atoms. The first-order valence-electron chi connectivity index (χ1n) is 10.5. The molecule has 3 nitrogen and oxygen atoms in total. The summed E-state index contributed by atoms with van der Waals surface area (Å²) in [5.41, 5.74) is 2.18. The average molecular weight is 385 g/mol. The van der Waals surface area contributed by atoms with Crippen molar-refractivity contribution in [1.29, 1.82) is 0 Å². The third-order valence-corrected chi connectivity index (χ3v) is 5.54. The lowest BCUT2D eigenvalue weighted by atomic mass is 9.89. The minimum absolute atomic E-state index is 0.0138. The molecule has 0 unspecified atom stereocenters. The van der Waals surface area contributed by atoms with E-state index >= 15 is 0 Å². The predicted octanol–water partition coefficient (Wildman–Crippen LogP) is 5.77. The van der Waals surface area contributed by atoms with Crippen LogP contribution < -0.4 is 0 Å². The zero-order valence-corrected chi connectivity index (χ0v) is 17.5. The Balaban J connectivity index is 1.77. The molecule has 3 rings (SSSR count). The lowest BCUT2D eigenvalue weighted by Crippen LogP contribution is -2.42. The molecule has 0 N–H and O–H groups in total. The van der Waals surface area contributed by atoms with Gasteiger partial charge in [0.05, 0.1) is 6.54 Å². The van der Waals surface area contributed by atoms with Gasteiger partial charge >= 0.3 is 0 Å². The summed E-state index contributed by atoms with van der Waals surface area (Å²) in [5, 5.41) is 0. The van der Waals surface area contributed by atoms with Crippen LogP contribution in [0, 0.1) is 11.2 Å². The molecule has 0 bridgehead atoms. The van der Waals surface area contributed by atoms with Crippen LogP contribution in [0.5, 0.6) is 0 Å². The Labute approximate surface area is 168 Å². The van der Waals surface area contributed by atoms with Crippen molar-refractivity contribution in [1.82, 2.24) is 9.47 Å². The van der Waals surface area contributed by atoms with E-state index in [0.29, 0.717) is 25.6 Å². The van der Waals surface area contributed by atoms with E-state index < -0.39 is 0 Å². The van der Waals surface area contributed by atoms with Gasteiger partial charge in [-0.05, 0) is 48.1 Å². The van der Waals surface area contributed by atoms with Gasteiger partial charge in [-0.3, -0.25) is 4.79 Å². The molecular formula is C24H33FN2O. The van der Waals surface area contributed by atoms with Gasteiger partial charge in [-0.1, -0.05) is 52.2 Å². The molecule has 1 fully saturated rings. The second-order valence-corrected chi connectivity index (χ2v) is 9.30. The number of benzene rings is 1. The minimum atomic E-state index is -0.215. The van der Waals surface area contributed by atoms with Crippen molar-refractivity contribution >= 4 is 5.91 Å². The number of hydrogen-bond donors (Lipinski definition) is 0. The van der Waals surface area contributed by atoms with Crippen molar-refractivity contribution in [3.05, 3.63) is 59.7 Å². The SMILES string of the molecule is CC(C)(C)CC(=O)N(Cc1cccn1Cc1ccc(F)cc1)C1CCCCC1. The third-order valence-electron chi connectivity index (χ3n) is 5.54. The molecule has 152 valence electrons. The molecule has 1 aromatic heterocycles. The number of carbonyl (C=O) groups excluding carboxylic acids is 1. The highest BCUT2D eigenvalue weighted by Crippen LogP contribution is 2.28. The van der Waals surface area contributed by atoms with Crippen LogP contribution in [0.3, 0.4) is 0 Å². The number of halogens is 1. The van der Waals surface area contributed by atoms with Crippen LogP contribution in [0.4, 0.5) is 4.39 Å². The summed E-state index contributed by atoms with van der Waals surface area (Å²) in [6.45, 7) is 7.71. The highest BCUT2D eigenvalue weighted by Gasteiger charge is 2.28. The topological polar surface area (TPSA) is 25.2 Å². The van der Waals surface area contributed by atoms with E-state index in [1.807, 2.05) is 24.4 Å². The van der Waals surface area contributed by atoms with Crippen LogP contribution in [0.25, 0.3) is 0 Å². The fourth-order valence-electron chi connectivity index (χ4n) is 4.08. The summed E-state index contributed by atoms with van der Waals surface area (Å²) in [4.78, 5) is 15.3. The van der Waals surface area contributed by atoms with E-state index in [4.69, 9.17) is 0 Å². The lowest BCUT2D eigenvalue weighted by Gasteiger charge is -2.36. The number of nitrogens with zero attached hydrogens (tertiary/aromatic N) is 2. The van der Waals surface area contributed by atoms with E-state index in [9.17, 15) is 9.18 Å². The van der Waals surface area contributed by atoms with Gasteiger partial charge in [0.25, 0.3) is 0 Å². The van der Waals surface area contributed by atoms with Gasteiger partial charge in [0.15, 0.2) is 0 Å². The summed E-state index contributed by atoms with van der Waals surface area (Å²) in [5.74, 6) is 0.0432. The van der Waals surface area contributed by atoms with E-state index in [1.165, 1.54) is 31.4 Å². The predicted molar refractivity (Wildman–Crippen MR) is 111 cm³/mol. The molecule has 0 spiro atoms. The van der Waals surface area contributed by atoms with Crippen molar-refractivity contribution in [3.63, 3.8) is 0 Å². The van der Waals surface area contributed by atoms with Crippen LogP contribution in [-0.4, -0.2) is 21.4 Å². The molecule has 0 radical (unpaired) electrons. The minimum Gasteiger partial charge on any atom is -0.345 e. The van der Waals surface area contributed by atoms with Crippen LogP contribution in [0.1, 0.15) is 70.6 Å². The van der Waals surface area contributed by atoms with Crippen molar-refractivity contribution in [2.45, 2.75) is 78.4 Å². The summed E-state index contributed by atoms with van der Waals surface area (Å²) in [6, 6.07) is 11.1. The Bertz CT molecular complexity index is 767. The molecule has 0 aliphatic heterocycles. The number of amides is 1. The summed E-state index contributed by atoms with van der Waals surface area (Å²) in [7, 11) is 0. The van der Waals surface area contributed by atoms with E-state index in [-0.39, 0.29) is 17.1 Å². The molecule has 1 saturated carbocycles. The molecule has 1 aliphatic rings. The molecule has 0 saturated heterocycles. The molecule has 1 aromatic carbocycles. The van der Waals surface area contributed by atoms with E-state index in [2.05, 4.69) is 36.3 Å². The zero-order chi connectivity index (χ0) is 20.1. The molecular weight excluding hydrogens is 351 g/mol. The van der Waals surface area contributed by atoms with Gasteiger partial charge in [0, 0.05) is 30.9 Å². The summed E-state index contributed by atoms with van der Waals surface area (Å²) >= 11 is 0. The second-order valence-electron chi connectivity index (χ2n) is 9.30. The Morgan fingerprint density at radius 2 is 1.79 bits per heavy atom. The van der Waals surface area contributed by atoms with Crippen LogP contribution in [-0.2, 0) is 17.9 Å². The van der Waals surface area contributed by atoms with Gasteiger partial charge in [-0.25, -0.2) is 4.39 Å².